The van der Waals surface area contributed by atoms with Crippen LogP contribution in [0, 0.1) is 5.92 Å². The molecule has 0 N–H and O–H groups in total. The molecule has 64 valence electrons. The molecule has 0 radical (unpaired) electrons. The summed E-state index contributed by atoms with van der Waals surface area (Å²) < 4.78 is 1.99. The lowest BCUT2D eigenvalue weighted by atomic mass is 10.1. The Morgan fingerprint density at radius 3 is 2.45 bits per heavy atom. The van der Waals surface area contributed by atoms with Crippen molar-refractivity contribution in [2.24, 2.45) is 5.92 Å². The lowest BCUT2D eigenvalue weighted by Gasteiger charge is -2.08. The van der Waals surface area contributed by atoms with Crippen LogP contribution in [-0.4, -0.2) is 16.7 Å². The Labute approximate surface area is 73.5 Å². The summed E-state index contributed by atoms with van der Waals surface area (Å²) in [4.78, 5) is 0. The molecule has 0 aliphatic carbocycles. The third kappa shape index (κ3) is 4.85. The second-order valence-corrected chi connectivity index (χ2v) is 3.85. The third-order valence-corrected chi connectivity index (χ3v) is 2.39. The number of hydrogen-bond acceptors (Lipinski definition) is 1. The lowest BCUT2D eigenvalue weighted by molar-refractivity contribution is 0.786. The Morgan fingerprint density at radius 1 is 1.55 bits per heavy atom. The molecule has 0 rings (SSSR count). The first kappa shape index (κ1) is 10.5. The second kappa shape index (κ2) is 5.19. The average Bonchev–Trinajstić information content (AvgIpc) is 1.99. The Morgan fingerprint density at radius 2 is 2.09 bits per heavy atom. The van der Waals surface area contributed by atoms with Gasteiger partial charge in [-0.1, -0.05) is 27.0 Å². The molecular weight excluding hydrogens is 154 g/mol. The van der Waals surface area contributed by atoms with Crippen molar-refractivity contribution in [3.63, 3.8) is 0 Å². The summed E-state index contributed by atoms with van der Waals surface area (Å²) in [5.41, 5.74) is 1.18. The van der Waals surface area contributed by atoms with Gasteiger partial charge in [0.1, 0.15) is 0 Å². The van der Waals surface area contributed by atoms with E-state index in [0.717, 1.165) is 11.5 Å². The van der Waals surface area contributed by atoms with Gasteiger partial charge in [0, 0.05) is 13.2 Å². The van der Waals surface area contributed by atoms with E-state index in [9.17, 15) is 0 Å². The smallest absolute Gasteiger partial charge is 0.0169 e. The van der Waals surface area contributed by atoms with Gasteiger partial charge in [0.05, 0.1) is 0 Å². The topological polar surface area (TPSA) is 3.24 Å². The second-order valence-electron chi connectivity index (χ2n) is 2.73. The average molecular weight is 171 g/mol. The van der Waals surface area contributed by atoms with E-state index in [4.69, 9.17) is 0 Å². The van der Waals surface area contributed by atoms with Gasteiger partial charge in [-0.15, -0.1) is 11.5 Å². The van der Waals surface area contributed by atoms with Gasteiger partial charge in [0.25, 0.3) is 0 Å². The fourth-order valence-corrected chi connectivity index (χ4v) is 1.08. The summed E-state index contributed by atoms with van der Waals surface area (Å²) in [6.45, 7) is 11.9. The highest BCUT2D eigenvalue weighted by Gasteiger charge is 1.93. The van der Waals surface area contributed by atoms with Crippen LogP contribution in [0.25, 0.3) is 0 Å². The molecule has 0 saturated carbocycles. The van der Waals surface area contributed by atoms with Crippen LogP contribution in [0.5, 0.6) is 0 Å². The highest BCUT2D eigenvalue weighted by molar-refractivity contribution is 7.95. The zero-order valence-electron chi connectivity index (χ0n) is 7.54. The van der Waals surface area contributed by atoms with Gasteiger partial charge in [-0.05, 0) is 16.9 Å². The van der Waals surface area contributed by atoms with E-state index in [1.54, 1.807) is 6.20 Å². The molecule has 0 aromatic carbocycles. The fourth-order valence-electron chi connectivity index (χ4n) is 0.361. The van der Waals surface area contributed by atoms with E-state index in [-0.39, 0.29) is 0 Å². The van der Waals surface area contributed by atoms with Crippen LogP contribution < -0.4 is 0 Å². The molecule has 0 aromatic heterocycles. The third-order valence-electron chi connectivity index (χ3n) is 1.41. The number of thiol groups is 1. The molecule has 0 spiro atoms. The highest BCUT2D eigenvalue weighted by Crippen LogP contribution is 2.06. The van der Waals surface area contributed by atoms with Gasteiger partial charge in [-0.25, -0.2) is 0 Å². The van der Waals surface area contributed by atoms with Gasteiger partial charge >= 0.3 is 0 Å². The quantitative estimate of drug-likeness (QED) is 0.386. The van der Waals surface area contributed by atoms with Gasteiger partial charge < -0.3 is 4.31 Å². The highest BCUT2D eigenvalue weighted by atomic mass is 32.1. The van der Waals surface area contributed by atoms with E-state index >= 15 is 0 Å². The predicted octanol–water partition coefficient (Wildman–Crippen LogP) is 2.46. The summed E-state index contributed by atoms with van der Waals surface area (Å²) in [6, 6.07) is 0. The van der Waals surface area contributed by atoms with Crippen LogP contribution in [0.2, 0.25) is 0 Å². The van der Waals surface area contributed by atoms with Gasteiger partial charge in [-0.3, -0.25) is 0 Å². The fraction of sp³-hybridized carbons (Fsp3) is 0.444. The van der Waals surface area contributed by atoms with Crippen LogP contribution in [0.15, 0.2) is 24.9 Å². The summed E-state index contributed by atoms with van der Waals surface area (Å²) in [5, 5.41) is 2.10. The van der Waals surface area contributed by atoms with Gasteiger partial charge in [-0.2, -0.15) is 0 Å². The van der Waals surface area contributed by atoms with Crippen molar-refractivity contribution in [1.82, 2.24) is 4.31 Å². The first-order chi connectivity index (χ1) is 5.07. The molecule has 11 heavy (non-hydrogen) atoms. The molecule has 0 unspecified atom stereocenters. The maximum atomic E-state index is 3.94. The molecular formula is C9H17NS. The van der Waals surface area contributed by atoms with Crippen LogP contribution in [0.3, 0.4) is 0 Å². The molecule has 0 fully saturated rings. The Hall–Kier alpha value is -0.500. The zero-order valence-corrected chi connectivity index (χ0v) is 8.44. The molecule has 1 nitrogen and oxygen atoms in total. The standard InChI is InChI=1S/C9H17NS/c1-6-10(5)11-7-9(4)8(2)3/h6-8,11H,1,4H2,2-3,5H3. The maximum absolute atomic E-state index is 3.94. The van der Waals surface area contributed by atoms with E-state index < -0.39 is 0 Å². The monoisotopic (exact) mass is 171 g/mol. The van der Waals surface area contributed by atoms with Crippen LogP contribution in [0.1, 0.15) is 13.8 Å². The molecule has 0 amide bonds. The minimum Gasteiger partial charge on any atom is -0.335 e. The molecule has 0 heterocycles. The molecule has 0 atom stereocenters. The van der Waals surface area contributed by atoms with Crippen molar-refractivity contribution in [2.75, 3.05) is 7.05 Å². The largest absolute Gasteiger partial charge is 0.335 e. The number of allylic oxidation sites excluding steroid dienone is 1. The first-order valence-electron chi connectivity index (χ1n) is 3.66. The van der Waals surface area contributed by atoms with Gasteiger partial charge in [0.15, 0.2) is 0 Å². The number of rotatable bonds is 4. The SMILES string of the molecule is C=CN(C)/[SH]=C/C(=C)C(C)C. The summed E-state index contributed by atoms with van der Waals surface area (Å²) in [6.07, 6.45) is 1.80. The van der Waals surface area contributed by atoms with E-state index in [2.05, 4.69) is 32.4 Å². The molecule has 0 saturated heterocycles. The van der Waals surface area contributed by atoms with Crippen molar-refractivity contribution in [1.29, 1.82) is 0 Å². The summed E-state index contributed by atoms with van der Waals surface area (Å²) >= 11 is 1.14. The van der Waals surface area contributed by atoms with Crippen LogP contribution >= 0.6 is 11.5 Å². The van der Waals surface area contributed by atoms with Crippen LogP contribution in [-0.2, 0) is 0 Å². The lowest BCUT2D eigenvalue weighted by Crippen LogP contribution is -1.97. The molecule has 2 heteroatoms. The normalized spacial score (nSPS) is 11.3. The zero-order chi connectivity index (χ0) is 8.85. The summed E-state index contributed by atoms with van der Waals surface area (Å²) in [7, 11) is 1.98. The molecule has 0 aromatic rings. The number of nitrogens with zero attached hydrogens (tertiary/aromatic N) is 1. The van der Waals surface area contributed by atoms with Gasteiger partial charge in [0.2, 0.25) is 0 Å². The van der Waals surface area contributed by atoms with E-state index in [1.807, 2.05) is 11.4 Å². The number of hydrogen-bond donors (Lipinski definition) is 1. The Kier molecular flexibility index (Phi) is 4.95. The Balaban J connectivity index is 3.92. The molecule has 0 aliphatic rings. The minimum atomic E-state index is 0.542. The van der Waals surface area contributed by atoms with Crippen molar-refractivity contribution in [3.8, 4) is 0 Å². The summed E-state index contributed by atoms with van der Waals surface area (Å²) in [5.74, 6) is 0.542. The van der Waals surface area contributed by atoms with Crippen molar-refractivity contribution in [2.45, 2.75) is 13.8 Å². The van der Waals surface area contributed by atoms with Crippen molar-refractivity contribution < 1.29 is 0 Å². The molecule has 0 aliphatic heterocycles. The van der Waals surface area contributed by atoms with Crippen LogP contribution in [0.4, 0.5) is 0 Å². The van der Waals surface area contributed by atoms with Crippen molar-refractivity contribution >= 4 is 16.9 Å². The minimum absolute atomic E-state index is 0.542. The van der Waals surface area contributed by atoms with E-state index in [0.29, 0.717) is 5.92 Å². The molecule has 0 bridgehead atoms. The predicted molar refractivity (Wildman–Crippen MR) is 57.0 cm³/mol. The van der Waals surface area contributed by atoms with Crippen molar-refractivity contribution in [3.05, 3.63) is 24.9 Å². The van der Waals surface area contributed by atoms with E-state index in [1.165, 1.54) is 5.57 Å². The Bertz CT molecular complexity index is 170. The first-order valence-corrected chi connectivity index (χ1v) is 4.57. The maximum Gasteiger partial charge on any atom is 0.0169 e.